The topological polar surface area (TPSA) is 77.4 Å². The Balaban J connectivity index is 1.80. The van der Waals surface area contributed by atoms with Crippen molar-refractivity contribution in [2.45, 2.75) is 29.6 Å². The highest BCUT2D eigenvalue weighted by Crippen LogP contribution is 2.68. The third-order valence-electron chi connectivity index (χ3n) is 6.87. The smallest absolute Gasteiger partial charge is 0.176 e. The molecule has 0 spiro atoms. The fourth-order valence-electron chi connectivity index (χ4n) is 5.42. The molecule has 5 rings (SSSR count). The summed E-state index contributed by atoms with van der Waals surface area (Å²) in [5.41, 5.74) is -0.875. The van der Waals surface area contributed by atoms with Gasteiger partial charge >= 0.3 is 0 Å². The van der Waals surface area contributed by atoms with Crippen LogP contribution < -0.4 is 18.9 Å². The SMILES string of the molecule is COc1ccc([C@@]23Oc4cc(OC)cc(OC)c4[C@]2(O)[C@H](O)C[C@H]3c2ccccc2)cc1. The molecule has 1 saturated carbocycles. The van der Waals surface area contributed by atoms with E-state index in [1.54, 1.807) is 26.4 Å². The van der Waals surface area contributed by atoms with E-state index in [4.69, 9.17) is 18.9 Å². The Morgan fingerprint density at radius 1 is 0.875 bits per heavy atom. The third-order valence-corrected chi connectivity index (χ3v) is 6.87. The van der Waals surface area contributed by atoms with Crippen LogP contribution >= 0.6 is 0 Å². The van der Waals surface area contributed by atoms with Gasteiger partial charge in [-0.15, -0.1) is 0 Å². The zero-order chi connectivity index (χ0) is 22.5. The molecule has 6 heteroatoms. The fraction of sp³-hybridized carbons (Fsp3) is 0.308. The number of methoxy groups -OCH3 is 3. The molecule has 32 heavy (non-hydrogen) atoms. The summed E-state index contributed by atoms with van der Waals surface area (Å²) >= 11 is 0. The van der Waals surface area contributed by atoms with E-state index in [2.05, 4.69) is 0 Å². The molecule has 6 nitrogen and oxygen atoms in total. The van der Waals surface area contributed by atoms with Crippen molar-refractivity contribution in [2.75, 3.05) is 21.3 Å². The molecule has 2 N–H and O–H groups in total. The first-order valence-electron chi connectivity index (χ1n) is 10.5. The van der Waals surface area contributed by atoms with Gasteiger partial charge in [0.25, 0.3) is 0 Å². The Labute approximate surface area is 186 Å². The lowest BCUT2D eigenvalue weighted by atomic mass is 9.71. The third kappa shape index (κ3) is 2.60. The van der Waals surface area contributed by atoms with E-state index >= 15 is 0 Å². The zero-order valence-corrected chi connectivity index (χ0v) is 18.2. The second-order valence-corrected chi connectivity index (χ2v) is 8.25. The highest BCUT2D eigenvalue weighted by Gasteiger charge is 2.73. The second kappa shape index (κ2) is 7.43. The Kier molecular flexibility index (Phi) is 4.80. The molecule has 1 aliphatic heterocycles. The van der Waals surface area contributed by atoms with Gasteiger partial charge in [0.15, 0.2) is 11.2 Å². The maximum atomic E-state index is 12.4. The Morgan fingerprint density at radius 2 is 1.56 bits per heavy atom. The van der Waals surface area contributed by atoms with Crippen LogP contribution in [-0.2, 0) is 11.2 Å². The molecule has 2 aliphatic rings. The van der Waals surface area contributed by atoms with Crippen molar-refractivity contribution in [2.24, 2.45) is 0 Å². The molecular weight excluding hydrogens is 408 g/mol. The lowest BCUT2D eigenvalue weighted by Gasteiger charge is -2.40. The molecule has 0 saturated heterocycles. The van der Waals surface area contributed by atoms with Crippen LogP contribution in [0.2, 0.25) is 0 Å². The number of hydrogen-bond acceptors (Lipinski definition) is 6. The highest BCUT2D eigenvalue weighted by molar-refractivity contribution is 5.62. The minimum Gasteiger partial charge on any atom is -0.497 e. The highest BCUT2D eigenvalue weighted by atomic mass is 16.5. The van der Waals surface area contributed by atoms with Crippen LogP contribution in [0.4, 0.5) is 0 Å². The number of fused-ring (bicyclic) bond motifs is 3. The molecule has 3 aromatic carbocycles. The predicted octanol–water partition coefficient (Wildman–Crippen LogP) is 3.74. The van der Waals surface area contributed by atoms with Gasteiger partial charge in [0.2, 0.25) is 0 Å². The standard InChI is InChI=1S/C26H26O6/c1-29-18-11-9-17(10-12-18)26-20(16-7-5-4-6-8-16)15-23(27)25(26,28)24-21(31-3)13-19(30-2)14-22(24)32-26/h4-14,20,23,27-28H,15H2,1-3H3/t20-,23+,25+,26-/m0/s1. The zero-order valence-electron chi connectivity index (χ0n) is 18.2. The largest absolute Gasteiger partial charge is 0.497 e. The van der Waals surface area contributed by atoms with Crippen molar-refractivity contribution in [3.63, 3.8) is 0 Å². The maximum Gasteiger partial charge on any atom is 0.176 e. The first-order valence-corrected chi connectivity index (χ1v) is 10.5. The average Bonchev–Trinajstić information content (AvgIpc) is 3.24. The number of rotatable bonds is 5. The van der Waals surface area contributed by atoms with Crippen LogP contribution in [0.15, 0.2) is 66.7 Å². The average molecular weight is 434 g/mol. The molecular formula is C26H26O6. The molecule has 3 aromatic rings. The molecule has 166 valence electrons. The van der Waals surface area contributed by atoms with Crippen LogP contribution in [0.25, 0.3) is 0 Å². The molecule has 0 amide bonds. The van der Waals surface area contributed by atoms with Crippen LogP contribution in [0.1, 0.15) is 29.0 Å². The normalized spacial score (nSPS) is 27.9. The molecule has 4 atom stereocenters. The molecule has 0 unspecified atom stereocenters. The molecule has 1 fully saturated rings. The molecule has 1 aliphatic carbocycles. The summed E-state index contributed by atoms with van der Waals surface area (Å²) in [7, 11) is 4.70. The number of aliphatic hydroxyl groups is 2. The summed E-state index contributed by atoms with van der Waals surface area (Å²) in [4.78, 5) is 0. The van der Waals surface area contributed by atoms with Crippen LogP contribution in [0, 0.1) is 0 Å². The molecule has 1 heterocycles. The Hall–Kier alpha value is -3.22. The van der Waals surface area contributed by atoms with Crippen molar-refractivity contribution in [1.29, 1.82) is 0 Å². The Bertz CT molecular complexity index is 1130. The van der Waals surface area contributed by atoms with Crippen LogP contribution in [0.5, 0.6) is 23.0 Å². The van der Waals surface area contributed by atoms with Crippen LogP contribution in [0.3, 0.4) is 0 Å². The molecule has 0 radical (unpaired) electrons. The van der Waals surface area contributed by atoms with Gasteiger partial charge in [0.1, 0.15) is 23.0 Å². The van der Waals surface area contributed by atoms with E-state index in [0.29, 0.717) is 35.0 Å². The van der Waals surface area contributed by atoms with Gasteiger partial charge in [-0.2, -0.15) is 0 Å². The lowest BCUT2D eigenvalue weighted by molar-refractivity contribution is -0.150. The van der Waals surface area contributed by atoms with E-state index in [9.17, 15) is 10.2 Å². The van der Waals surface area contributed by atoms with Crippen molar-refractivity contribution >= 4 is 0 Å². The van der Waals surface area contributed by atoms with Crippen molar-refractivity contribution in [3.8, 4) is 23.0 Å². The summed E-state index contributed by atoms with van der Waals surface area (Å²) in [5, 5.41) is 23.7. The van der Waals surface area contributed by atoms with Crippen LogP contribution in [-0.4, -0.2) is 37.6 Å². The first-order chi connectivity index (χ1) is 15.5. The quantitative estimate of drug-likeness (QED) is 0.637. The van der Waals surface area contributed by atoms with Crippen molar-refractivity contribution in [3.05, 3.63) is 83.4 Å². The fourth-order valence-corrected chi connectivity index (χ4v) is 5.42. The number of hydrogen-bond donors (Lipinski definition) is 2. The van der Waals surface area contributed by atoms with E-state index < -0.39 is 17.3 Å². The van der Waals surface area contributed by atoms with Crippen molar-refractivity contribution in [1.82, 2.24) is 0 Å². The van der Waals surface area contributed by atoms with E-state index in [1.807, 2.05) is 54.6 Å². The van der Waals surface area contributed by atoms with Crippen molar-refractivity contribution < 1.29 is 29.2 Å². The van der Waals surface area contributed by atoms with Gasteiger partial charge in [0, 0.05) is 18.1 Å². The summed E-state index contributed by atoms with van der Waals surface area (Å²) in [5.74, 6) is 1.75. The molecule has 0 aromatic heterocycles. The molecule has 0 bridgehead atoms. The second-order valence-electron chi connectivity index (χ2n) is 8.25. The summed E-state index contributed by atoms with van der Waals surface area (Å²) in [6.45, 7) is 0. The lowest BCUT2D eigenvalue weighted by Crippen LogP contribution is -2.52. The van der Waals surface area contributed by atoms with E-state index in [-0.39, 0.29) is 5.92 Å². The van der Waals surface area contributed by atoms with Gasteiger partial charge in [-0.25, -0.2) is 0 Å². The Morgan fingerprint density at radius 3 is 2.19 bits per heavy atom. The van der Waals surface area contributed by atoms with Gasteiger partial charge in [-0.05, 0) is 29.7 Å². The monoisotopic (exact) mass is 434 g/mol. The number of benzene rings is 3. The first kappa shape index (κ1) is 20.7. The van der Waals surface area contributed by atoms with E-state index in [1.165, 1.54) is 7.11 Å². The minimum absolute atomic E-state index is 0.319. The minimum atomic E-state index is -1.74. The van der Waals surface area contributed by atoms with Gasteiger partial charge < -0.3 is 29.2 Å². The predicted molar refractivity (Wildman–Crippen MR) is 119 cm³/mol. The maximum absolute atomic E-state index is 12.4. The summed E-state index contributed by atoms with van der Waals surface area (Å²) in [6, 6.07) is 20.7. The van der Waals surface area contributed by atoms with Gasteiger partial charge in [-0.3, -0.25) is 0 Å². The number of aliphatic hydroxyl groups excluding tert-OH is 1. The van der Waals surface area contributed by atoms with Gasteiger partial charge in [0.05, 0.1) is 33.0 Å². The summed E-state index contributed by atoms with van der Waals surface area (Å²) < 4.78 is 23.1. The summed E-state index contributed by atoms with van der Waals surface area (Å²) in [6.07, 6.45) is -0.764. The van der Waals surface area contributed by atoms with Gasteiger partial charge in [-0.1, -0.05) is 42.5 Å². The van der Waals surface area contributed by atoms with E-state index in [0.717, 1.165) is 11.1 Å². The number of ether oxygens (including phenoxy) is 4.